The molecule has 5 nitrogen and oxygen atoms in total. The molecule has 1 aliphatic heterocycles. The number of thioether (sulfide) groups is 1. The summed E-state index contributed by atoms with van der Waals surface area (Å²) in [5, 5.41) is 0. The Morgan fingerprint density at radius 1 is 1.43 bits per heavy atom. The molecule has 2 rings (SSSR count). The minimum Gasteiger partial charge on any atom is -0.496 e. The van der Waals surface area contributed by atoms with Crippen molar-refractivity contribution in [1.82, 2.24) is 4.90 Å². The molecule has 0 bridgehead atoms. The van der Waals surface area contributed by atoms with E-state index in [0.717, 1.165) is 12.8 Å². The van der Waals surface area contributed by atoms with Crippen LogP contribution in [0.15, 0.2) is 18.2 Å². The molecule has 1 aromatic carbocycles. The first kappa shape index (κ1) is 17.6. The number of halogens is 1. The number of nitrogens with zero attached hydrogens (tertiary/aromatic N) is 1. The number of hydrogen-bond donors (Lipinski definition) is 1. The molecule has 23 heavy (non-hydrogen) atoms. The van der Waals surface area contributed by atoms with E-state index in [2.05, 4.69) is 0 Å². The van der Waals surface area contributed by atoms with E-state index in [1.807, 2.05) is 0 Å². The fraction of sp³-hybridized carbons (Fsp3) is 0.500. The first-order chi connectivity index (χ1) is 11.0. The van der Waals surface area contributed by atoms with E-state index in [-0.39, 0.29) is 17.5 Å². The van der Waals surface area contributed by atoms with Crippen molar-refractivity contribution in [2.45, 2.75) is 31.1 Å². The summed E-state index contributed by atoms with van der Waals surface area (Å²) in [7, 11) is 1.53. The molecule has 7 heteroatoms. The largest absolute Gasteiger partial charge is 0.496 e. The summed E-state index contributed by atoms with van der Waals surface area (Å²) >= 11 is 1.37. The Kier molecular flexibility index (Phi) is 6.27. The summed E-state index contributed by atoms with van der Waals surface area (Å²) in [6, 6.07) is 3.81. The highest BCUT2D eigenvalue weighted by atomic mass is 32.2. The number of likely N-dealkylation sites (tertiary alicyclic amines) is 1. The molecule has 0 aromatic heterocycles. The van der Waals surface area contributed by atoms with Gasteiger partial charge in [0, 0.05) is 17.9 Å². The van der Waals surface area contributed by atoms with Crippen LogP contribution in [0, 0.1) is 5.82 Å². The third-order valence-electron chi connectivity index (χ3n) is 3.88. The minimum atomic E-state index is -0.499. The van der Waals surface area contributed by atoms with Gasteiger partial charge in [0.15, 0.2) is 0 Å². The number of rotatable bonds is 6. The van der Waals surface area contributed by atoms with E-state index in [0.29, 0.717) is 30.0 Å². The van der Waals surface area contributed by atoms with E-state index in [4.69, 9.17) is 10.5 Å². The summed E-state index contributed by atoms with van der Waals surface area (Å²) in [4.78, 5) is 25.3. The van der Waals surface area contributed by atoms with Gasteiger partial charge in [-0.3, -0.25) is 9.59 Å². The third kappa shape index (κ3) is 4.60. The molecule has 0 radical (unpaired) electrons. The maximum atomic E-state index is 13.3. The smallest absolute Gasteiger partial charge is 0.240 e. The van der Waals surface area contributed by atoms with Crippen molar-refractivity contribution >= 4 is 23.6 Å². The van der Waals surface area contributed by atoms with Gasteiger partial charge in [-0.25, -0.2) is 4.39 Å². The fourth-order valence-corrected chi connectivity index (χ4v) is 3.61. The van der Waals surface area contributed by atoms with Crippen LogP contribution in [0.4, 0.5) is 4.39 Å². The number of nitrogens with two attached hydrogens (primary N) is 1. The zero-order chi connectivity index (χ0) is 16.8. The number of primary amides is 1. The Balaban J connectivity index is 1.91. The second kappa shape index (κ2) is 8.19. The predicted octanol–water partition coefficient (Wildman–Crippen LogP) is 1.93. The van der Waals surface area contributed by atoms with Gasteiger partial charge in [0.25, 0.3) is 0 Å². The average molecular weight is 340 g/mol. The molecular weight excluding hydrogens is 319 g/mol. The topological polar surface area (TPSA) is 72.6 Å². The van der Waals surface area contributed by atoms with Gasteiger partial charge < -0.3 is 15.4 Å². The Morgan fingerprint density at radius 2 is 2.22 bits per heavy atom. The Labute approximate surface area is 139 Å². The van der Waals surface area contributed by atoms with Crippen LogP contribution in [0.5, 0.6) is 5.75 Å². The van der Waals surface area contributed by atoms with Crippen LogP contribution >= 0.6 is 11.8 Å². The normalized spacial score (nSPS) is 17.8. The lowest BCUT2D eigenvalue weighted by atomic mass is 10.0. The molecule has 1 fully saturated rings. The second-order valence-corrected chi connectivity index (χ2v) is 6.44. The number of ether oxygens (including phenoxy) is 1. The Morgan fingerprint density at radius 3 is 2.91 bits per heavy atom. The van der Waals surface area contributed by atoms with Gasteiger partial charge in [-0.05, 0) is 37.5 Å². The maximum Gasteiger partial charge on any atom is 0.240 e. The second-order valence-electron chi connectivity index (χ2n) is 5.45. The Hall–Kier alpha value is -1.76. The highest BCUT2D eigenvalue weighted by Gasteiger charge is 2.30. The quantitative estimate of drug-likeness (QED) is 0.859. The molecule has 1 heterocycles. The van der Waals surface area contributed by atoms with Crippen LogP contribution in [0.25, 0.3) is 0 Å². The van der Waals surface area contributed by atoms with E-state index in [1.165, 1.54) is 31.0 Å². The molecule has 1 aromatic rings. The number of benzene rings is 1. The molecule has 2 amide bonds. The lowest BCUT2D eigenvalue weighted by molar-refractivity contribution is -0.138. The number of methoxy groups -OCH3 is 1. The van der Waals surface area contributed by atoms with Gasteiger partial charge in [-0.15, -0.1) is 11.8 Å². The number of hydrogen-bond acceptors (Lipinski definition) is 4. The predicted molar refractivity (Wildman–Crippen MR) is 87.7 cm³/mol. The van der Waals surface area contributed by atoms with Gasteiger partial charge in [-0.2, -0.15) is 0 Å². The molecule has 1 atom stereocenters. The summed E-state index contributed by atoms with van der Waals surface area (Å²) in [6.07, 6.45) is 2.42. The Bertz CT molecular complexity index is 582. The first-order valence-electron chi connectivity index (χ1n) is 7.52. The zero-order valence-corrected chi connectivity index (χ0v) is 13.9. The minimum absolute atomic E-state index is 0.103. The van der Waals surface area contributed by atoms with Crippen molar-refractivity contribution in [3.63, 3.8) is 0 Å². The van der Waals surface area contributed by atoms with Gasteiger partial charge in [0.2, 0.25) is 11.8 Å². The highest BCUT2D eigenvalue weighted by Crippen LogP contribution is 2.25. The first-order valence-corrected chi connectivity index (χ1v) is 8.67. The van der Waals surface area contributed by atoms with Crippen molar-refractivity contribution in [3.8, 4) is 5.75 Å². The summed E-state index contributed by atoms with van der Waals surface area (Å²) < 4.78 is 18.5. The van der Waals surface area contributed by atoms with Crippen LogP contribution in [0.1, 0.15) is 24.8 Å². The molecule has 0 saturated carbocycles. The van der Waals surface area contributed by atoms with Crippen molar-refractivity contribution in [3.05, 3.63) is 29.6 Å². The molecule has 0 spiro atoms. The van der Waals surface area contributed by atoms with E-state index in [1.54, 1.807) is 11.0 Å². The number of amides is 2. The van der Waals surface area contributed by atoms with E-state index in [9.17, 15) is 14.0 Å². The van der Waals surface area contributed by atoms with Crippen LogP contribution < -0.4 is 10.5 Å². The van der Waals surface area contributed by atoms with Crippen LogP contribution in [0.3, 0.4) is 0 Å². The van der Waals surface area contributed by atoms with Gasteiger partial charge in [0.05, 0.1) is 12.9 Å². The molecule has 2 N–H and O–H groups in total. The summed E-state index contributed by atoms with van der Waals surface area (Å²) in [5.41, 5.74) is 6.08. The van der Waals surface area contributed by atoms with Gasteiger partial charge in [0.1, 0.15) is 17.6 Å². The van der Waals surface area contributed by atoms with Gasteiger partial charge >= 0.3 is 0 Å². The standard InChI is InChI=1S/C16H21FN2O3S/c1-22-14-6-5-12(17)8-11(14)9-23-10-15(20)19-7-3-2-4-13(19)16(18)21/h5-6,8,13H,2-4,7,9-10H2,1H3,(H2,18,21). The average Bonchev–Trinajstić information content (AvgIpc) is 2.55. The van der Waals surface area contributed by atoms with Crippen molar-refractivity contribution < 1.29 is 18.7 Å². The van der Waals surface area contributed by atoms with Gasteiger partial charge in [-0.1, -0.05) is 0 Å². The monoisotopic (exact) mass is 340 g/mol. The summed E-state index contributed by atoms with van der Waals surface area (Å²) in [5.74, 6) is 0.395. The lowest BCUT2D eigenvalue weighted by Gasteiger charge is -2.33. The summed E-state index contributed by atoms with van der Waals surface area (Å²) in [6.45, 7) is 0.566. The van der Waals surface area contributed by atoms with Crippen LogP contribution in [0.2, 0.25) is 0 Å². The van der Waals surface area contributed by atoms with Crippen LogP contribution in [-0.2, 0) is 15.3 Å². The van der Waals surface area contributed by atoms with Crippen molar-refractivity contribution in [2.75, 3.05) is 19.4 Å². The number of piperidine rings is 1. The zero-order valence-electron chi connectivity index (χ0n) is 13.1. The fourth-order valence-electron chi connectivity index (χ4n) is 2.72. The molecule has 1 aliphatic rings. The molecule has 1 saturated heterocycles. The van der Waals surface area contributed by atoms with Crippen molar-refractivity contribution in [2.24, 2.45) is 5.73 Å². The number of carbonyl (C=O) groups is 2. The third-order valence-corrected chi connectivity index (χ3v) is 4.84. The molecular formula is C16H21FN2O3S. The maximum absolute atomic E-state index is 13.3. The van der Waals surface area contributed by atoms with E-state index >= 15 is 0 Å². The number of carbonyl (C=O) groups excluding carboxylic acids is 2. The molecule has 1 unspecified atom stereocenters. The van der Waals surface area contributed by atoms with Crippen molar-refractivity contribution in [1.29, 1.82) is 0 Å². The molecule has 0 aliphatic carbocycles. The van der Waals surface area contributed by atoms with E-state index < -0.39 is 11.9 Å². The SMILES string of the molecule is COc1ccc(F)cc1CSCC(=O)N1CCCCC1C(N)=O. The van der Waals surface area contributed by atoms with Crippen LogP contribution in [-0.4, -0.2) is 42.2 Å². The highest BCUT2D eigenvalue weighted by molar-refractivity contribution is 7.99. The lowest BCUT2D eigenvalue weighted by Crippen LogP contribution is -2.51. The molecule has 126 valence electrons.